The van der Waals surface area contributed by atoms with Crippen LogP contribution < -0.4 is 10.1 Å². The van der Waals surface area contributed by atoms with Crippen molar-refractivity contribution in [1.82, 2.24) is 0 Å². The number of anilines is 1. The van der Waals surface area contributed by atoms with E-state index in [0.29, 0.717) is 54.1 Å². The van der Waals surface area contributed by atoms with Crippen molar-refractivity contribution >= 4 is 34.8 Å². The van der Waals surface area contributed by atoms with Crippen LogP contribution in [-0.2, 0) is 19.7 Å². The molecule has 0 radical (unpaired) electrons. The number of ether oxygens (including phenoxy) is 3. The van der Waals surface area contributed by atoms with Gasteiger partial charge >= 0.3 is 0 Å². The Morgan fingerprint density at radius 1 is 1.17 bits per heavy atom. The Hall–Kier alpha value is -1.79. The number of rotatable bonds is 7. The fraction of sp³-hybridized carbons (Fsp3) is 0.409. The van der Waals surface area contributed by atoms with Gasteiger partial charge in [-0.25, -0.2) is 0 Å². The fourth-order valence-corrected chi connectivity index (χ4v) is 3.90. The van der Waals surface area contributed by atoms with Crippen molar-refractivity contribution in [2.45, 2.75) is 31.3 Å². The Balaban J connectivity index is 1.79. The third kappa shape index (κ3) is 5.23. The number of hydrogen-bond donors (Lipinski definition) is 1. The van der Waals surface area contributed by atoms with Crippen LogP contribution in [0.2, 0.25) is 10.0 Å². The minimum Gasteiger partial charge on any atom is -0.487 e. The first-order valence-corrected chi connectivity index (χ1v) is 10.3. The van der Waals surface area contributed by atoms with E-state index in [1.165, 1.54) is 0 Å². The van der Waals surface area contributed by atoms with Gasteiger partial charge in [0.15, 0.2) is 0 Å². The first kappa shape index (κ1) is 21.9. The Labute approximate surface area is 181 Å². The standard InChI is InChI=1S/C22H25Cl2NO4/c1-15(14-27-2)29-20-8-7-18(13-19(20)24)25-21(26)22(9-11-28-12-10-22)16-3-5-17(23)6-4-16/h3-8,13,15H,9-12,14H2,1-2H3,(H,25,26). The Bertz CT molecular complexity index is 835. The van der Waals surface area contributed by atoms with E-state index in [1.54, 1.807) is 25.3 Å². The van der Waals surface area contributed by atoms with Gasteiger partial charge in [0.05, 0.1) is 17.0 Å². The quantitative estimate of drug-likeness (QED) is 0.654. The first-order valence-electron chi connectivity index (χ1n) is 9.55. The number of methoxy groups -OCH3 is 1. The van der Waals surface area contributed by atoms with Crippen molar-refractivity contribution in [3.63, 3.8) is 0 Å². The summed E-state index contributed by atoms with van der Waals surface area (Å²) in [4.78, 5) is 13.3. The molecule has 0 spiro atoms. The van der Waals surface area contributed by atoms with Crippen LogP contribution in [0.15, 0.2) is 42.5 Å². The maximum absolute atomic E-state index is 13.3. The second kappa shape index (κ2) is 9.81. The summed E-state index contributed by atoms with van der Waals surface area (Å²) in [6, 6.07) is 12.7. The summed E-state index contributed by atoms with van der Waals surface area (Å²) in [6.45, 7) is 3.42. The highest BCUT2D eigenvalue weighted by Gasteiger charge is 2.41. The minimum absolute atomic E-state index is 0.0828. The third-order valence-corrected chi connectivity index (χ3v) is 5.64. The normalized spacial score (nSPS) is 16.8. The Kier molecular flexibility index (Phi) is 7.41. The molecule has 1 fully saturated rings. The highest BCUT2D eigenvalue weighted by atomic mass is 35.5. The van der Waals surface area contributed by atoms with Crippen LogP contribution in [0.25, 0.3) is 0 Å². The van der Waals surface area contributed by atoms with Gasteiger partial charge in [-0.3, -0.25) is 4.79 Å². The molecule has 0 aromatic heterocycles. The molecule has 1 N–H and O–H groups in total. The van der Waals surface area contributed by atoms with Crippen molar-refractivity contribution in [3.8, 4) is 5.75 Å². The van der Waals surface area contributed by atoms with Gasteiger partial charge in [0.1, 0.15) is 11.9 Å². The van der Waals surface area contributed by atoms with E-state index in [4.69, 9.17) is 37.4 Å². The highest BCUT2D eigenvalue weighted by molar-refractivity contribution is 6.32. The van der Waals surface area contributed by atoms with Gasteiger partial charge in [0.2, 0.25) is 5.91 Å². The molecule has 1 aliphatic rings. The van der Waals surface area contributed by atoms with Crippen molar-refractivity contribution in [1.29, 1.82) is 0 Å². The zero-order valence-electron chi connectivity index (χ0n) is 16.5. The van der Waals surface area contributed by atoms with E-state index >= 15 is 0 Å². The van der Waals surface area contributed by atoms with Crippen molar-refractivity contribution in [2.24, 2.45) is 0 Å². The van der Waals surface area contributed by atoms with Crippen LogP contribution in [0.5, 0.6) is 5.75 Å². The van der Waals surface area contributed by atoms with Gasteiger partial charge in [-0.15, -0.1) is 0 Å². The lowest BCUT2D eigenvalue weighted by molar-refractivity contribution is -0.125. The lowest BCUT2D eigenvalue weighted by Crippen LogP contribution is -2.44. The molecule has 5 nitrogen and oxygen atoms in total. The third-order valence-electron chi connectivity index (χ3n) is 5.10. The summed E-state index contributed by atoms with van der Waals surface area (Å²) in [5.74, 6) is 0.466. The van der Waals surface area contributed by atoms with Crippen molar-refractivity contribution < 1.29 is 19.0 Å². The second-order valence-electron chi connectivity index (χ2n) is 7.18. The largest absolute Gasteiger partial charge is 0.487 e. The Morgan fingerprint density at radius 2 is 1.86 bits per heavy atom. The van der Waals surface area contributed by atoms with Gasteiger partial charge in [-0.05, 0) is 55.7 Å². The van der Waals surface area contributed by atoms with E-state index in [-0.39, 0.29) is 12.0 Å². The predicted molar refractivity (Wildman–Crippen MR) is 115 cm³/mol. The lowest BCUT2D eigenvalue weighted by Gasteiger charge is -2.36. The van der Waals surface area contributed by atoms with Crippen LogP contribution in [0, 0.1) is 0 Å². The molecule has 2 aromatic rings. The molecule has 2 aromatic carbocycles. The summed E-state index contributed by atoms with van der Waals surface area (Å²) < 4.78 is 16.3. The molecular formula is C22H25Cl2NO4. The number of nitrogens with one attached hydrogen (secondary N) is 1. The molecular weight excluding hydrogens is 413 g/mol. The molecule has 156 valence electrons. The molecule has 0 saturated carbocycles. The molecule has 29 heavy (non-hydrogen) atoms. The molecule has 3 rings (SSSR count). The Morgan fingerprint density at radius 3 is 2.48 bits per heavy atom. The van der Waals surface area contributed by atoms with Crippen LogP contribution in [0.4, 0.5) is 5.69 Å². The van der Waals surface area contributed by atoms with Gasteiger partial charge in [-0.1, -0.05) is 35.3 Å². The maximum Gasteiger partial charge on any atom is 0.235 e. The molecule has 0 aliphatic carbocycles. The zero-order valence-corrected chi connectivity index (χ0v) is 18.1. The van der Waals surface area contributed by atoms with E-state index < -0.39 is 5.41 Å². The van der Waals surface area contributed by atoms with Gasteiger partial charge in [0.25, 0.3) is 0 Å². The van der Waals surface area contributed by atoms with Crippen LogP contribution in [0.3, 0.4) is 0 Å². The van der Waals surface area contributed by atoms with Crippen molar-refractivity contribution in [2.75, 3.05) is 32.2 Å². The van der Waals surface area contributed by atoms with E-state index in [2.05, 4.69) is 5.32 Å². The second-order valence-corrected chi connectivity index (χ2v) is 8.03. The van der Waals surface area contributed by atoms with Crippen LogP contribution in [-0.4, -0.2) is 38.9 Å². The molecule has 1 aliphatic heterocycles. The topological polar surface area (TPSA) is 56.8 Å². The number of halogens is 2. The summed E-state index contributed by atoms with van der Waals surface area (Å²) >= 11 is 12.4. The molecule has 1 heterocycles. The summed E-state index contributed by atoms with van der Waals surface area (Å²) in [5.41, 5.74) is 0.881. The molecule has 1 amide bonds. The zero-order chi connectivity index (χ0) is 20.9. The minimum atomic E-state index is -0.669. The molecule has 1 atom stereocenters. The smallest absolute Gasteiger partial charge is 0.235 e. The average Bonchev–Trinajstić information content (AvgIpc) is 2.71. The van der Waals surface area contributed by atoms with Crippen LogP contribution in [0.1, 0.15) is 25.3 Å². The van der Waals surface area contributed by atoms with Gasteiger partial charge in [-0.2, -0.15) is 0 Å². The van der Waals surface area contributed by atoms with Gasteiger partial charge in [0, 0.05) is 31.0 Å². The number of carbonyl (C=O) groups is 1. The molecule has 1 unspecified atom stereocenters. The first-order chi connectivity index (χ1) is 13.9. The number of carbonyl (C=O) groups excluding carboxylic acids is 1. The van der Waals surface area contributed by atoms with E-state index in [0.717, 1.165) is 5.56 Å². The number of benzene rings is 2. The number of hydrogen-bond acceptors (Lipinski definition) is 4. The van der Waals surface area contributed by atoms with Crippen molar-refractivity contribution in [3.05, 3.63) is 58.1 Å². The van der Waals surface area contributed by atoms with Crippen LogP contribution >= 0.6 is 23.2 Å². The maximum atomic E-state index is 13.3. The molecule has 1 saturated heterocycles. The monoisotopic (exact) mass is 437 g/mol. The highest BCUT2D eigenvalue weighted by Crippen LogP contribution is 2.37. The fourth-order valence-electron chi connectivity index (χ4n) is 3.55. The molecule has 0 bridgehead atoms. The van der Waals surface area contributed by atoms with Gasteiger partial charge < -0.3 is 19.5 Å². The number of amides is 1. The summed E-state index contributed by atoms with van der Waals surface area (Å²) in [5, 5.41) is 4.09. The lowest BCUT2D eigenvalue weighted by atomic mass is 9.73. The SMILES string of the molecule is COCC(C)Oc1ccc(NC(=O)C2(c3ccc(Cl)cc3)CCOCC2)cc1Cl. The molecule has 7 heteroatoms. The summed E-state index contributed by atoms with van der Waals surface area (Å²) in [7, 11) is 1.62. The van der Waals surface area contributed by atoms with E-state index in [9.17, 15) is 4.79 Å². The van der Waals surface area contributed by atoms with E-state index in [1.807, 2.05) is 31.2 Å². The summed E-state index contributed by atoms with van der Waals surface area (Å²) in [6.07, 6.45) is 1.07. The average molecular weight is 438 g/mol. The predicted octanol–water partition coefficient (Wildman–Crippen LogP) is 5.09.